The molecule has 0 amide bonds. The number of rotatable bonds is 4. The summed E-state index contributed by atoms with van der Waals surface area (Å²) in [4.78, 5) is 8.25. The maximum atomic E-state index is 10.3. The van der Waals surface area contributed by atoms with Crippen molar-refractivity contribution < 1.29 is 5.11 Å². The molecule has 0 aromatic carbocycles. The first-order valence-electron chi connectivity index (χ1n) is 6.06. The minimum absolute atomic E-state index is 0.240. The van der Waals surface area contributed by atoms with E-state index in [0.717, 1.165) is 17.0 Å². The quantitative estimate of drug-likeness (QED) is 0.894. The van der Waals surface area contributed by atoms with Crippen LogP contribution < -0.4 is 0 Å². The molecule has 0 fully saturated rings. The minimum atomic E-state index is -0.597. The van der Waals surface area contributed by atoms with Crippen molar-refractivity contribution in [3.8, 4) is 0 Å². The molecule has 0 bridgehead atoms. The molecule has 2 aromatic heterocycles. The van der Waals surface area contributed by atoms with Gasteiger partial charge in [0.25, 0.3) is 0 Å². The number of hydrogen-bond acceptors (Lipinski definition) is 4. The van der Waals surface area contributed by atoms with E-state index in [0.29, 0.717) is 6.42 Å². The molecule has 0 aliphatic rings. The van der Waals surface area contributed by atoms with Gasteiger partial charge in [-0.1, -0.05) is 0 Å². The van der Waals surface area contributed by atoms with Crippen molar-refractivity contribution in [3.63, 3.8) is 0 Å². The molecule has 18 heavy (non-hydrogen) atoms. The summed E-state index contributed by atoms with van der Waals surface area (Å²) >= 11 is 0. The predicted octanol–water partition coefficient (Wildman–Crippen LogP) is 1.84. The van der Waals surface area contributed by atoms with Crippen LogP contribution in [0, 0.1) is 6.92 Å². The number of aliphatic hydroxyl groups is 1. The number of hydrogen-bond donors (Lipinski definition) is 1. The molecule has 1 atom stereocenters. The monoisotopic (exact) mass is 246 g/mol. The third-order valence-electron chi connectivity index (χ3n) is 2.95. The van der Waals surface area contributed by atoms with Crippen molar-refractivity contribution in [2.75, 3.05) is 0 Å². The van der Waals surface area contributed by atoms with Crippen molar-refractivity contribution in [2.45, 2.75) is 39.3 Å². The predicted molar refractivity (Wildman–Crippen MR) is 68.0 cm³/mol. The summed E-state index contributed by atoms with van der Waals surface area (Å²) in [5, 5.41) is 14.4. The molecule has 5 nitrogen and oxygen atoms in total. The Kier molecular flexibility index (Phi) is 3.72. The van der Waals surface area contributed by atoms with Gasteiger partial charge in [-0.3, -0.25) is 4.98 Å². The molecular weight excluding hydrogens is 228 g/mol. The van der Waals surface area contributed by atoms with Crippen LogP contribution in [-0.4, -0.2) is 24.9 Å². The average Bonchev–Trinajstić information content (AvgIpc) is 2.77. The summed E-state index contributed by atoms with van der Waals surface area (Å²) in [5.41, 5.74) is 1.88. The fourth-order valence-corrected chi connectivity index (χ4v) is 1.96. The molecule has 2 aromatic rings. The Bertz CT molecular complexity index is 521. The summed E-state index contributed by atoms with van der Waals surface area (Å²) in [6.07, 6.45) is 4.81. The van der Waals surface area contributed by atoms with Gasteiger partial charge in [-0.15, -0.1) is 0 Å². The number of nitrogens with zero attached hydrogens (tertiary/aromatic N) is 4. The highest BCUT2D eigenvalue weighted by Gasteiger charge is 2.16. The second-order valence-corrected chi connectivity index (χ2v) is 4.67. The first-order chi connectivity index (χ1) is 8.59. The van der Waals surface area contributed by atoms with E-state index >= 15 is 0 Å². The maximum Gasteiger partial charge on any atom is 0.138 e. The second kappa shape index (κ2) is 5.27. The van der Waals surface area contributed by atoms with E-state index in [2.05, 4.69) is 15.1 Å². The topological polar surface area (TPSA) is 63.8 Å². The maximum absolute atomic E-state index is 10.3. The van der Waals surface area contributed by atoms with Crippen LogP contribution in [-0.2, 0) is 6.42 Å². The van der Waals surface area contributed by atoms with E-state index in [1.165, 1.54) is 6.33 Å². The lowest BCUT2D eigenvalue weighted by atomic mass is 10.0. The highest BCUT2D eigenvalue weighted by atomic mass is 16.3. The lowest BCUT2D eigenvalue weighted by Crippen LogP contribution is -2.13. The third kappa shape index (κ3) is 2.56. The smallest absolute Gasteiger partial charge is 0.138 e. The van der Waals surface area contributed by atoms with E-state index in [4.69, 9.17) is 0 Å². The minimum Gasteiger partial charge on any atom is -0.388 e. The van der Waals surface area contributed by atoms with Crippen molar-refractivity contribution >= 4 is 0 Å². The SMILES string of the molecule is Cc1ccncc1C(O)Cc1ncnn1C(C)C. The van der Waals surface area contributed by atoms with Crippen LogP contribution >= 0.6 is 0 Å². The molecule has 1 unspecified atom stereocenters. The summed E-state index contributed by atoms with van der Waals surface area (Å²) in [7, 11) is 0. The van der Waals surface area contributed by atoms with Gasteiger partial charge in [0.05, 0.1) is 6.10 Å². The van der Waals surface area contributed by atoms with Gasteiger partial charge in [-0.05, 0) is 32.4 Å². The molecule has 0 aliphatic heterocycles. The van der Waals surface area contributed by atoms with E-state index in [-0.39, 0.29) is 6.04 Å². The number of aromatic nitrogens is 4. The van der Waals surface area contributed by atoms with E-state index in [9.17, 15) is 5.11 Å². The van der Waals surface area contributed by atoms with Crippen LogP contribution in [0.2, 0.25) is 0 Å². The Morgan fingerprint density at radius 2 is 2.17 bits per heavy atom. The fraction of sp³-hybridized carbons (Fsp3) is 0.462. The molecule has 0 radical (unpaired) electrons. The van der Waals surface area contributed by atoms with Crippen LogP contribution in [0.5, 0.6) is 0 Å². The van der Waals surface area contributed by atoms with Crippen LogP contribution in [0.4, 0.5) is 0 Å². The summed E-state index contributed by atoms with van der Waals surface area (Å²) in [6.45, 7) is 6.05. The van der Waals surface area contributed by atoms with Gasteiger partial charge < -0.3 is 5.11 Å². The first-order valence-corrected chi connectivity index (χ1v) is 6.06. The lowest BCUT2D eigenvalue weighted by Gasteiger charge is -2.14. The zero-order chi connectivity index (χ0) is 13.1. The Morgan fingerprint density at radius 3 is 2.83 bits per heavy atom. The van der Waals surface area contributed by atoms with Gasteiger partial charge in [0.15, 0.2) is 0 Å². The molecule has 2 rings (SSSR count). The van der Waals surface area contributed by atoms with Gasteiger partial charge in [0.2, 0.25) is 0 Å². The highest BCUT2D eigenvalue weighted by Crippen LogP contribution is 2.20. The molecule has 2 heterocycles. The third-order valence-corrected chi connectivity index (χ3v) is 2.95. The second-order valence-electron chi connectivity index (χ2n) is 4.67. The molecule has 0 saturated carbocycles. The Balaban J connectivity index is 2.19. The highest BCUT2D eigenvalue weighted by molar-refractivity contribution is 5.24. The standard InChI is InChI=1S/C13H18N4O/c1-9(2)17-13(15-8-16-17)6-12(18)11-7-14-5-4-10(11)3/h4-5,7-9,12,18H,6H2,1-3H3. The largest absolute Gasteiger partial charge is 0.388 e. The molecule has 0 spiro atoms. The molecule has 0 aliphatic carbocycles. The van der Waals surface area contributed by atoms with Crippen molar-refractivity contribution in [3.05, 3.63) is 41.7 Å². The van der Waals surface area contributed by atoms with Gasteiger partial charge in [-0.2, -0.15) is 5.10 Å². The molecule has 96 valence electrons. The first kappa shape index (κ1) is 12.7. The van der Waals surface area contributed by atoms with Gasteiger partial charge in [0, 0.05) is 30.4 Å². The van der Waals surface area contributed by atoms with Crippen LogP contribution in [0.1, 0.15) is 42.9 Å². The van der Waals surface area contributed by atoms with E-state index in [1.807, 2.05) is 31.5 Å². The number of aryl methyl sites for hydroxylation is 1. The van der Waals surface area contributed by atoms with Crippen molar-refractivity contribution in [2.24, 2.45) is 0 Å². The van der Waals surface area contributed by atoms with Gasteiger partial charge in [-0.25, -0.2) is 9.67 Å². The van der Waals surface area contributed by atoms with Crippen LogP contribution in [0.15, 0.2) is 24.8 Å². The summed E-state index contributed by atoms with van der Waals surface area (Å²) in [5.74, 6) is 0.792. The van der Waals surface area contributed by atoms with Gasteiger partial charge in [0.1, 0.15) is 12.2 Å². The summed E-state index contributed by atoms with van der Waals surface area (Å²) in [6, 6.07) is 2.14. The molecule has 1 N–H and O–H groups in total. The van der Waals surface area contributed by atoms with E-state index < -0.39 is 6.10 Å². The van der Waals surface area contributed by atoms with E-state index in [1.54, 1.807) is 12.4 Å². The number of aliphatic hydroxyl groups excluding tert-OH is 1. The van der Waals surface area contributed by atoms with Gasteiger partial charge >= 0.3 is 0 Å². The zero-order valence-corrected chi connectivity index (χ0v) is 10.9. The summed E-state index contributed by atoms with van der Waals surface area (Å²) < 4.78 is 1.83. The zero-order valence-electron chi connectivity index (χ0n) is 10.9. The van der Waals surface area contributed by atoms with Crippen LogP contribution in [0.25, 0.3) is 0 Å². The normalized spacial score (nSPS) is 12.9. The Labute approximate surface area is 107 Å². The Hall–Kier alpha value is -1.75. The van der Waals surface area contributed by atoms with Crippen LogP contribution in [0.3, 0.4) is 0 Å². The molecule has 5 heteroatoms. The molecular formula is C13H18N4O. The fourth-order valence-electron chi connectivity index (χ4n) is 1.96. The lowest BCUT2D eigenvalue weighted by molar-refractivity contribution is 0.172. The molecule has 0 saturated heterocycles. The van der Waals surface area contributed by atoms with Crippen molar-refractivity contribution in [1.29, 1.82) is 0 Å². The van der Waals surface area contributed by atoms with Crippen molar-refractivity contribution in [1.82, 2.24) is 19.7 Å². The number of pyridine rings is 1. The Morgan fingerprint density at radius 1 is 1.39 bits per heavy atom. The average molecular weight is 246 g/mol.